The number of halogens is 1. The lowest BCUT2D eigenvalue weighted by Gasteiger charge is -2.29. The van der Waals surface area contributed by atoms with Crippen molar-refractivity contribution in [3.8, 4) is 0 Å². The van der Waals surface area contributed by atoms with E-state index < -0.39 is 0 Å². The minimum atomic E-state index is 0.355. The van der Waals surface area contributed by atoms with E-state index >= 15 is 0 Å². The zero-order valence-electron chi connectivity index (χ0n) is 12.4. The first-order valence-electron chi connectivity index (χ1n) is 7.04. The number of nitrogens with one attached hydrogen (secondary N) is 1. The Morgan fingerprint density at radius 2 is 2.25 bits per heavy atom. The Hall–Kier alpha value is -0.840. The predicted octanol–water partition coefficient (Wildman–Crippen LogP) is 3.51. The third-order valence-corrected chi connectivity index (χ3v) is 4.57. The van der Waals surface area contributed by atoms with Crippen LogP contribution in [0.3, 0.4) is 0 Å². The Kier molecular flexibility index (Phi) is 5.64. The highest BCUT2D eigenvalue weighted by Gasteiger charge is 2.14. The Morgan fingerprint density at radius 1 is 1.45 bits per heavy atom. The fourth-order valence-corrected chi connectivity index (χ4v) is 3.19. The van der Waals surface area contributed by atoms with Gasteiger partial charge in [-0.15, -0.1) is 0 Å². The van der Waals surface area contributed by atoms with Gasteiger partial charge in [0, 0.05) is 36.4 Å². The Morgan fingerprint density at radius 3 is 2.80 bits per heavy atom. The minimum absolute atomic E-state index is 0.355. The predicted molar refractivity (Wildman–Crippen MR) is 88.4 cm³/mol. The van der Waals surface area contributed by atoms with Crippen LogP contribution in [0.5, 0.6) is 0 Å². The number of anilines is 1. The van der Waals surface area contributed by atoms with Crippen molar-refractivity contribution in [3.05, 3.63) is 39.9 Å². The number of rotatable bonds is 5. The summed E-state index contributed by atoms with van der Waals surface area (Å²) in [4.78, 5) is 2.40. The zero-order valence-corrected chi connectivity index (χ0v) is 14.0. The van der Waals surface area contributed by atoms with Crippen LogP contribution in [0.15, 0.2) is 34.3 Å². The number of hydrogen-bond donors (Lipinski definition) is 1. The van der Waals surface area contributed by atoms with Gasteiger partial charge in [-0.25, -0.2) is 0 Å². The molecule has 0 aliphatic carbocycles. The molecule has 1 N–H and O–H groups in total. The molecule has 1 unspecified atom stereocenters. The van der Waals surface area contributed by atoms with Gasteiger partial charge in [0.1, 0.15) is 0 Å². The van der Waals surface area contributed by atoms with E-state index in [0.717, 1.165) is 26.1 Å². The minimum Gasteiger partial charge on any atom is -0.380 e. The van der Waals surface area contributed by atoms with Crippen molar-refractivity contribution in [2.24, 2.45) is 0 Å². The number of hydrogen-bond acceptors (Lipinski definition) is 3. The highest BCUT2D eigenvalue weighted by atomic mass is 79.9. The summed E-state index contributed by atoms with van der Waals surface area (Å²) in [5.41, 5.74) is 3.98. The Balaban J connectivity index is 2.09. The Bertz CT molecular complexity index is 487. The molecular weight excluding hydrogens is 316 g/mol. The normalized spacial score (nSPS) is 17.0. The molecule has 0 radical (unpaired) electrons. The van der Waals surface area contributed by atoms with Crippen LogP contribution in [-0.2, 0) is 4.74 Å². The van der Waals surface area contributed by atoms with E-state index in [9.17, 15) is 0 Å². The SMILES string of the molecule is CNC(C)c1ccc(N2CC=C(COC)CC2)cc1Br. The van der Waals surface area contributed by atoms with Gasteiger partial charge >= 0.3 is 0 Å². The molecule has 1 heterocycles. The van der Waals surface area contributed by atoms with Crippen LogP contribution in [0.25, 0.3) is 0 Å². The summed E-state index contributed by atoms with van der Waals surface area (Å²) in [7, 11) is 3.74. The molecule has 1 aromatic carbocycles. The number of methoxy groups -OCH3 is 1. The first-order valence-corrected chi connectivity index (χ1v) is 7.83. The van der Waals surface area contributed by atoms with E-state index in [2.05, 4.69) is 57.3 Å². The van der Waals surface area contributed by atoms with Gasteiger partial charge in [0.05, 0.1) is 6.61 Å². The molecule has 2 rings (SSSR count). The molecule has 20 heavy (non-hydrogen) atoms. The third-order valence-electron chi connectivity index (χ3n) is 3.88. The van der Waals surface area contributed by atoms with E-state index in [1.54, 1.807) is 7.11 Å². The van der Waals surface area contributed by atoms with E-state index in [4.69, 9.17) is 4.74 Å². The highest BCUT2D eigenvalue weighted by molar-refractivity contribution is 9.10. The van der Waals surface area contributed by atoms with Gasteiger partial charge in [-0.2, -0.15) is 0 Å². The average Bonchev–Trinajstić information content (AvgIpc) is 2.47. The Labute approximate surface area is 130 Å². The lowest BCUT2D eigenvalue weighted by molar-refractivity contribution is 0.222. The standard InChI is InChI=1S/C16H23BrN2O/c1-12(18-2)15-5-4-14(10-16(15)17)19-8-6-13(7-9-19)11-20-3/h4-6,10,12,18H,7-9,11H2,1-3H3. The maximum Gasteiger partial charge on any atom is 0.0674 e. The summed E-state index contributed by atoms with van der Waals surface area (Å²) in [5.74, 6) is 0. The first kappa shape index (κ1) is 15.5. The molecule has 0 spiro atoms. The van der Waals surface area contributed by atoms with Crippen molar-refractivity contribution >= 4 is 21.6 Å². The van der Waals surface area contributed by atoms with Crippen LogP contribution < -0.4 is 10.2 Å². The maximum atomic E-state index is 5.19. The monoisotopic (exact) mass is 338 g/mol. The molecule has 110 valence electrons. The molecule has 0 fully saturated rings. The van der Waals surface area contributed by atoms with Gasteiger partial charge in [0.15, 0.2) is 0 Å². The molecular formula is C16H23BrN2O. The molecule has 1 atom stereocenters. The van der Waals surface area contributed by atoms with Crippen LogP contribution in [-0.4, -0.2) is 33.9 Å². The van der Waals surface area contributed by atoms with E-state index in [0.29, 0.717) is 6.04 Å². The van der Waals surface area contributed by atoms with Crippen LogP contribution in [0.4, 0.5) is 5.69 Å². The van der Waals surface area contributed by atoms with Crippen molar-refractivity contribution in [1.29, 1.82) is 0 Å². The molecule has 0 saturated carbocycles. The second-order valence-electron chi connectivity index (χ2n) is 5.21. The van der Waals surface area contributed by atoms with E-state index in [1.165, 1.54) is 21.3 Å². The molecule has 1 aliphatic heterocycles. The fraction of sp³-hybridized carbons (Fsp3) is 0.500. The van der Waals surface area contributed by atoms with Crippen LogP contribution in [0.2, 0.25) is 0 Å². The summed E-state index contributed by atoms with van der Waals surface area (Å²) in [5, 5.41) is 3.27. The molecule has 0 bridgehead atoms. The number of benzene rings is 1. The highest BCUT2D eigenvalue weighted by Crippen LogP contribution is 2.29. The summed E-state index contributed by atoms with van der Waals surface area (Å²) in [6.07, 6.45) is 3.37. The lowest BCUT2D eigenvalue weighted by Crippen LogP contribution is -2.29. The summed E-state index contributed by atoms with van der Waals surface area (Å²) in [6.45, 7) is 4.95. The van der Waals surface area contributed by atoms with Crippen LogP contribution in [0, 0.1) is 0 Å². The number of nitrogens with zero attached hydrogens (tertiary/aromatic N) is 1. The largest absolute Gasteiger partial charge is 0.380 e. The molecule has 0 aromatic heterocycles. The van der Waals surface area contributed by atoms with Crippen molar-refractivity contribution in [3.63, 3.8) is 0 Å². The molecule has 3 nitrogen and oxygen atoms in total. The smallest absolute Gasteiger partial charge is 0.0674 e. The van der Waals surface area contributed by atoms with Crippen molar-refractivity contribution in [2.75, 3.05) is 38.8 Å². The second kappa shape index (κ2) is 7.25. The van der Waals surface area contributed by atoms with Crippen molar-refractivity contribution < 1.29 is 4.74 Å². The van der Waals surface area contributed by atoms with E-state index in [-0.39, 0.29) is 0 Å². The molecule has 4 heteroatoms. The van der Waals surface area contributed by atoms with Gasteiger partial charge < -0.3 is 15.0 Å². The maximum absolute atomic E-state index is 5.19. The molecule has 1 aliphatic rings. The molecule has 0 saturated heterocycles. The molecule has 0 amide bonds. The third kappa shape index (κ3) is 3.62. The second-order valence-corrected chi connectivity index (χ2v) is 6.06. The topological polar surface area (TPSA) is 24.5 Å². The number of ether oxygens (including phenoxy) is 1. The van der Waals surface area contributed by atoms with Gasteiger partial charge in [-0.1, -0.05) is 28.1 Å². The van der Waals surface area contributed by atoms with Gasteiger partial charge in [-0.3, -0.25) is 0 Å². The molecule has 1 aromatic rings. The first-order chi connectivity index (χ1) is 9.65. The van der Waals surface area contributed by atoms with Gasteiger partial charge in [0.2, 0.25) is 0 Å². The van der Waals surface area contributed by atoms with Gasteiger partial charge in [-0.05, 0) is 43.7 Å². The summed E-state index contributed by atoms with van der Waals surface area (Å²) >= 11 is 3.69. The van der Waals surface area contributed by atoms with E-state index in [1.807, 2.05) is 7.05 Å². The quantitative estimate of drug-likeness (QED) is 0.831. The van der Waals surface area contributed by atoms with Gasteiger partial charge in [0.25, 0.3) is 0 Å². The van der Waals surface area contributed by atoms with Crippen LogP contribution >= 0.6 is 15.9 Å². The van der Waals surface area contributed by atoms with Crippen LogP contribution in [0.1, 0.15) is 24.9 Å². The average molecular weight is 339 g/mol. The summed E-state index contributed by atoms with van der Waals surface area (Å²) in [6, 6.07) is 6.99. The van der Waals surface area contributed by atoms with Crippen molar-refractivity contribution in [1.82, 2.24) is 5.32 Å². The van der Waals surface area contributed by atoms with Crippen molar-refractivity contribution in [2.45, 2.75) is 19.4 Å². The zero-order chi connectivity index (χ0) is 14.5. The fourth-order valence-electron chi connectivity index (χ4n) is 2.48. The summed E-state index contributed by atoms with van der Waals surface area (Å²) < 4.78 is 6.36. The lowest BCUT2D eigenvalue weighted by atomic mass is 10.1.